The first-order valence-corrected chi connectivity index (χ1v) is 20.0. The number of amides is 1. The number of carbonyl (C=O) groups is 2. The Kier molecular flexibility index (Phi) is 9.82. The van der Waals surface area contributed by atoms with E-state index in [1.54, 1.807) is 6.92 Å². The van der Waals surface area contributed by atoms with Gasteiger partial charge >= 0.3 is 6.09 Å². The summed E-state index contributed by atoms with van der Waals surface area (Å²) in [7, 11) is -3.35. The van der Waals surface area contributed by atoms with E-state index in [2.05, 4.69) is 4.98 Å². The molecule has 0 saturated carbocycles. The number of fused-ring (bicyclic) bond motifs is 3. The Labute approximate surface area is 312 Å². The lowest BCUT2D eigenvalue weighted by atomic mass is 9.86. The number of aromatic amines is 1. The lowest BCUT2D eigenvalue weighted by Crippen LogP contribution is -2.67. The number of halogens is 4. The summed E-state index contributed by atoms with van der Waals surface area (Å²) in [6, 6.07) is 26.4. The lowest BCUT2D eigenvalue weighted by Gasteiger charge is -2.45. The third-order valence-electron chi connectivity index (χ3n) is 11.0. The predicted molar refractivity (Wildman–Crippen MR) is 202 cm³/mol. The van der Waals surface area contributed by atoms with Crippen LogP contribution in [-0.4, -0.2) is 78.3 Å². The van der Waals surface area contributed by atoms with Gasteiger partial charge < -0.3 is 19.4 Å². The van der Waals surface area contributed by atoms with Crippen LogP contribution in [0.2, 0.25) is 5.04 Å². The number of nitrogens with one attached hydrogen (secondary N) is 1. The first-order chi connectivity index (χ1) is 25.6. The van der Waals surface area contributed by atoms with Gasteiger partial charge in [0.2, 0.25) is 0 Å². The normalized spacial score (nSPS) is 18.4. The molecule has 7 nitrogen and oxygen atoms in total. The van der Waals surface area contributed by atoms with Gasteiger partial charge in [0.1, 0.15) is 11.6 Å². The van der Waals surface area contributed by atoms with Crippen LogP contribution < -0.4 is 10.4 Å². The second-order valence-electron chi connectivity index (χ2n) is 15.6. The molecule has 2 aliphatic rings. The highest BCUT2D eigenvalue weighted by atomic mass is 28.4. The van der Waals surface area contributed by atoms with Crippen LogP contribution in [0, 0.1) is 17.6 Å². The summed E-state index contributed by atoms with van der Waals surface area (Å²) in [5, 5.41) is 11.2. The van der Waals surface area contributed by atoms with Crippen LogP contribution in [0.4, 0.5) is 22.4 Å². The number of benzene rings is 4. The van der Waals surface area contributed by atoms with Crippen molar-refractivity contribution >= 4 is 41.5 Å². The molecule has 0 unspecified atom stereocenters. The number of nitrogens with zero attached hydrogens (tertiary/aromatic N) is 2. The summed E-state index contributed by atoms with van der Waals surface area (Å²) in [4.78, 5) is 30.2. The number of likely N-dealkylation sites (tertiary alicyclic amines) is 1. The van der Waals surface area contributed by atoms with Gasteiger partial charge in [-0.3, -0.25) is 9.69 Å². The first-order valence-electron chi connectivity index (χ1n) is 18.1. The van der Waals surface area contributed by atoms with Crippen molar-refractivity contribution in [3.63, 3.8) is 0 Å². The van der Waals surface area contributed by atoms with Crippen molar-refractivity contribution in [1.82, 2.24) is 14.8 Å². The zero-order valence-corrected chi connectivity index (χ0v) is 31.6. The van der Waals surface area contributed by atoms with Gasteiger partial charge in [0, 0.05) is 46.9 Å². The van der Waals surface area contributed by atoms with Gasteiger partial charge in [-0.25, -0.2) is 22.4 Å². The third kappa shape index (κ3) is 6.64. The van der Waals surface area contributed by atoms with Gasteiger partial charge in [-0.05, 0) is 52.5 Å². The Morgan fingerprint density at radius 1 is 0.889 bits per heavy atom. The van der Waals surface area contributed by atoms with Crippen molar-refractivity contribution in [2.75, 3.05) is 26.2 Å². The maximum atomic E-state index is 16.8. The number of carbonyl (C=O) groups excluding carboxylic acids is 1. The van der Waals surface area contributed by atoms with Crippen molar-refractivity contribution in [3.05, 3.63) is 131 Å². The Morgan fingerprint density at radius 3 is 2.00 bits per heavy atom. The fraction of sp³-hybridized carbons (Fsp3) is 0.333. The maximum absolute atomic E-state index is 16.8. The van der Waals surface area contributed by atoms with Crippen LogP contribution >= 0.6 is 0 Å². The monoisotopic (exact) mass is 757 g/mol. The lowest BCUT2D eigenvalue weighted by molar-refractivity contribution is -0.0825. The molecule has 0 spiro atoms. The molecule has 2 N–H and O–H groups in total. The Morgan fingerprint density at radius 2 is 1.44 bits per heavy atom. The molecule has 282 valence electrons. The highest BCUT2D eigenvalue weighted by Gasteiger charge is 2.53. The van der Waals surface area contributed by atoms with Crippen molar-refractivity contribution in [2.45, 2.75) is 57.2 Å². The van der Waals surface area contributed by atoms with E-state index < -0.39 is 79.5 Å². The average Bonchev–Trinajstić information content (AvgIpc) is 3.46. The molecule has 7 rings (SSSR count). The van der Waals surface area contributed by atoms with E-state index >= 15 is 17.6 Å². The molecule has 0 radical (unpaired) electrons. The topological polar surface area (TPSA) is 85.9 Å². The van der Waals surface area contributed by atoms with Crippen molar-refractivity contribution in [1.29, 1.82) is 0 Å². The van der Waals surface area contributed by atoms with E-state index in [-0.39, 0.29) is 18.7 Å². The van der Waals surface area contributed by atoms with E-state index in [4.69, 9.17) is 4.43 Å². The Hall–Kier alpha value is -4.78. The number of para-hydroxylation sites is 1. The smallest absolute Gasteiger partial charge is 0.407 e. The van der Waals surface area contributed by atoms with Gasteiger partial charge in [-0.15, -0.1) is 0 Å². The molecule has 1 saturated heterocycles. The molecule has 0 bridgehead atoms. The molecule has 0 aliphatic carbocycles. The van der Waals surface area contributed by atoms with E-state index in [0.29, 0.717) is 17.6 Å². The summed E-state index contributed by atoms with van der Waals surface area (Å²) >= 11 is 0. The van der Waals surface area contributed by atoms with Crippen LogP contribution in [0.1, 0.15) is 60.9 Å². The van der Waals surface area contributed by atoms with Crippen LogP contribution in [-0.2, 0) is 10.8 Å². The van der Waals surface area contributed by atoms with Crippen LogP contribution in [0.15, 0.2) is 97.1 Å². The second-order valence-corrected chi connectivity index (χ2v) is 19.9. The molecule has 1 fully saturated rings. The van der Waals surface area contributed by atoms with Gasteiger partial charge in [-0.1, -0.05) is 99.6 Å². The largest absolute Gasteiger partial charge is 0.465 e. The quantitative estimate of drug-likeness (QED) is 0.0864. The molecule has 3 heterocycles. The fourth-order valence-corrected chi connectivity index (χ4v) is 13.0. The average molecular weight is 758 g/mol. The first kappa shape index (κ1) is 37.5. The Bertz CT molecular complexity index is 2120. The van der Waals surface area contributed by atoms with Crippen molar-refractivity contribution in [2.24, 2.45) is 5.92 Å². The maximum Gasteiger partial charge on any atom is 0.407 e. The Balaban J connectivity index is 1.26. The molecule has 1 amide bonds. The minimum Gasteiger partial charge on any atom is -0.465 e. The van der Waals surface area contributed by atoms with Gasteiger partial charge in [-0.2, -0.15) is 0 Å². The number of Topliss-reactive ketones (excluding diaryl/α,β-unsaturated/α-hetero) is 1. The highest BCUT2D eigenvalue weighted by Crippen LogP contribution is 2.44. The number of carboxylic acid groups (broad SMARTS) is 1. The van der Waals surface area contributed by atoms with E-state index in [1.807, 2.05) is 106 Å². The highest BCUT2D eigenvalue weighted by molar-refractivity contribution is 6.99. The van der Waals surface area contributed by atoms with Crippen molar-refractivity contribution in [3.8, 4) is 0 Å². The number of H-pyrrole nitrogens is 1. The summed E-state index contributed by atoms with van der Waals surface area (Å²) in [5.41, 5.74) is 1.22. The van der Waals surface area contributed by atoms with Gasteiger partial charge in [0.05, 0.1) is 25.1 Å². The molecule has 2 atom stereocenters. The van der Waals surface area contributed by atoms with Crippen LogP contribution in [0.3, 0.4) is 0 Å². The molecular formula is C42H43F4N3O4Si. The number of hydrogen-bond acceptors (Lipinski definition) is 4. The van der Waals surface area contributed by atoms with Crippen LogP contribution in [0.25, 0.3) is 10.9 Å². The fourth-order valence-electron chi connectivity index (χ4n) is 8.38. The van der Waals surface area contributed by atoms with E-state index in [1.165, 1.54) is 4.90 Å². The number of alkyl halides is 2. The zero-order chi connectivity index (χ0) is 38.6. The molecule has 4 aromatic carbocycles. The third-order valence-corrected chi connectivity index (χ3v) is 16.0. The number of ketones is 1. The molecule has 2 aliphatic heterocycles. The SMILES string of the molecule is C[C@@H]1Cc2c([nH]c3ccccc23)[C@@H](c2c(F)cc(C(=O)C3CN(C(=O)O)C3)cc2F)N1CC(F)(F)CO[Si](c1ccccc1)(c1ccccc1)C(C)(C)C. The summed E-state index contributed by atoms with van der Waals surface area (Å²) in [6.07, 6.45) is -0.829. The van der Waals surface area contributed by atoms with Gasteiger partial charge in [0.15, 0.2) is 5.78 Å². The minimum absolute atomic E-state index is 0.0729. The number of aromatic nitrogens is 1. The summed E-state index contributed by atoms with van der Waals surface area (Å²) in [6.45, 7) is 5.85. The van der Waals surface area contributed by atoms with E-state index in [0.717, 1.165) is 38.4 Å². The standard InChI is InChI=1S/C42H43F4N3O4Si/c1-26-19-32-31-17-11-12-18-35(31)47-37(32)38(36-33(43)20-27(21-34(36)44)39(50)28-22-48(23-28)40(51)52)49(26)24-42(45,46)25-53-54(41(2,3)4,29-13-7-5-8-14-29)30-15-9-6-10-16-30/h5-18,20-21,26,28,38,47H,19,22-25H2,1-4H3,(H,51,52)/t26-,38-/m1/s1. The number of hydrogen-bond donors (Lipinski definition) is 2. The summed E-state index contributed by atoms with van der Waals surface area (Å²) < 4.78 is 73.0. The predicted octanol–water partition coefficient (Wildman–Crippen LogP) is 7.79. The summed E-state index contributed by atoms with van der Waals surface area (Å²) in [5.74, 6) is -6.87. The molecule has 54 heavy (non-hydrogen) atoms. The molecule has 12 heteroatoms. The van der Waals surface area contributed by atoms with Crippen molar-refractivity contribution < 1.29 is 36.7 Å². The molecular weight excluding hydrogens is 715 g/mol. The second kappa shape index (κ2) is 14.1. The number of rotatable bonds is 10. The zero-order valence-electron chi connectivity index (χ0n) is 30.6. The molecule has 1 aromatic heterocycles. The molecule has 5 aromatic rings. The van der Waals surface area contributed by atoms with Gasteiger partial charge in [0.25, 0.3) is 14.2 Å². The van der Waals surface area contributed by atoms with Crippen LogP contribution in [0.5, 0.6) is 0 Å². The van der Waals surface area contributed by atoms with E-state index in [9.17, 15) is 14.7 Å². The minimum atomic E-state index is -3.47.